The minimum absolute atomic E-state index is 0.00925. The molecule has 0 aromatic rings. The van der Waals surface area contributed by atoms with Gasteiger partial charge >= 0.3 is 5.97 Å². The number of hydrogen-bond donors (Lipinski definition) is 16. The number of aliphatic hydroxyl groups excluding tert-OH is 14. The first-order valence-electron chi connectivity index (χ1n) is 30.7. The largest absolute Gasteiger partial charge is 0.432 e. The Kier molecular flexibility index (Phi) is 18.7. The molecule has 2 unspecified atom stereocenters. The SMILES string of the molecule is C[C@@H]1O[C@@H](O[C@H]2[C@H](OC(=O)[C@]34CC[C@](C)(O)[C@@](C)(O)[C@H]3C3=CCC5[C@@]6(C)CC[C@H](O[C@@H]7OC[C@H](O)[C@H](O[C@@H]8O[C@H](CO)[C@@H](O)[C@H](O)[C@H]8O)[C@H]7O[C@@H]7O[C@@H](C)[C@H](O)[C@@H](O)[C@H]7O)C(C)(C)C6CC[C@@]5(C)[C@]3(C)CC4)O[C@H](CO)[C@@H](O)[C@@H]2O)[C@H](O)[C@H](O)[C@H]1O. The highest BCUT2D eigenvalue weighted by atomic mass is 16.8. The number of hydrogen-bond acceptors (Lipinski definition) is 27. The normalized spacial score (nSPS) is 56.5. The van der Waals surface area contributed by atoms with Crippen LogP contribution < -0.4 is 0 Å². The maximum Gasteiger partial charge on any atom is 0.315 e. The van der Waals surface area contributed by atoms with E-state index < -0.39 is 218 Å². The zero-order valence-electron chi connectivity index (χ0n) is 50.4. The number of fused-ring (bicyclic) bond motifs is 7. The molecule has 0 aromatic heterocycles. The molecule has 5 heterocycles. The second-order valence-electron chi connectivity index (χ2n) is 28.5. The Morgan fingerprint density at radius 2 is 1.05 bits per heavy atom. The number of carbonyl (C=O) groups is 1. The van der Waals surface area contributed by atoms with E-state index in [1.807, 2.05) is 0 Å². The Balaban J connectivity index is 0.925. The van der Waals surface area contributed by atoms with Crippen LogP contribution in [0, 0.1) is 44.8 Å². The number of esters is 1. The second-order valence-corrected chi connectivity index (χ2v) is 28.5. The molecule has 16 N–H and O–H groups in total. The van der Waals surface area contributed by atoms with Gasteiger partial charge in [0.05, 0.1) is 54.7 Å². The average Bonchev–Trinajstić information content (AvgIpc) is 0.696. The van der Waals surface area contributed by atoms with Crippen molar-refractivity contribution < 1.29 is 134 Å². The summed E-state index contributed by atoms with van der Waals surface area (Å²) >= 11 is 0. The fraction of sp³-hybridized carbons (Fsp3) is 0.949. The molecular formula is C59H96O27. The number of ether oxygens (including phenoxy) is 10. The lowest BCUT2D eigenvalue weighted by atomic mass is 9.33. The maximum absolute atomic E-state index is 15.5. The van der Waals surface area contributed by atoms with Crippen molar-refractivity contribution in [2.75, 3.05) is 19.8 Å². The van der Waals surface area contributed by atoms with Crippen LogP contribution >= 0.6 is 0 Å². The van der Waals surface area contributed by atoms with E-state index in [0.717, 1.165) is 5.57 Å². The zero-order chi connectivity index (χ0) is 63.1. The lowest BCUT2D eigenvalue weighted by Crippen LogP contribution is -2.71. The van der Waals surface area contributed by atoms with Crippen LogP contribution in [0.4, 0.5) is 0 Å². The fourth-order valence-electron chi connectivity index (χ4n) is 17.8. The molecule has 0 spiro atoms. The lowest BCUT2D eigenvalue weighted by molar-refractivity contribution is -0.388. The summed E-state index contributed by atoms with van der Waals surface area (Å²) in [6.45, 7) is 15.0. The molecule has 494 valence electrons. The monoisotopic (exact) mass is 1240 g/mol. The maximum atomic E-state index is 15.5. The Bertz CT molecular complexity index is 2430. The molecule has 0 amide bonds. The quantitative estimate of drug-likeness (QED) is 0.0514. The van der Waals surface area contributed by atoms with E-state index in [2.05, 4.69) is 40.7 Å². The summed E-state index contributed by atoms with van der Waals surface area (Å²) in [5.74, 6) is -1.91. The highest BCUT2D eigenvalue weighted by Gasteiger charge is 2.74. The number of aliphatic hydroxyl groups is 16. The van der Waals surface area contributed by atoms with Crippen LogP contribution in [-0.2, 0) is 52.2 Å². The highest BCUT2D eigenvalue weighted by Crippen LogP contribution is 2.76. The van der Waals surface area contributed by atoms with Crippen molar-refractivity contribution in [2.24, 2.45) is 44.8 Å². The third-order valence-electron chi connectivity index (χ3n) is 23.6. The van der Waals surface area contributed by atoms with Gasteiger partial charge in [0.2, 0.25) is 6.29 Å². The number of allylic oxidation sites excluding steroid dienone is 1. The van der Waals surface area contributed by atoms with Crippen molar-refractivity contribution in [1.29, 1.82) is 0 Å². The summed E-state index contributed by atoms with van der Waals surface area (Å²) in [5, 5.41) is 176. The van der Waals surface area contributed by atoms with Crippen LogP contribution in [0.5, 0.6) is 0 Å². The minimum atomic E-state index is -1.95. The van der Waals surface area contributed by atoms with E-state index in [9.17, 15) is 81.7 Å². The topological polar surface area (TPSA) is 433 Å². The molecular weight excluding hydrogens is 1140 g/mol. The van der Waals surface area contributed by atoms with Crippen LogP contribution in [0.2, 0.25) is 0 Å². The molecule has 5 saturated heterocycles. The molecule has 5 aliphatic heterocycles. The van der Waals surface area contributed by atoms with Gasteiger partial charge in [-0.2, -0.15) is 0 Å². The third kappa shape index (κ3) is 10.6. The van der Waals surface area contributed by atoms with Crippen molar-refractivity contribution >= 4 is 5.97 Å². The Morgan fingerprint density at radius 3 is 1.63 bits per heavy atom. The predicted molar refractivity (Wildman–Crippen MR) is 289 cm³/mol. The molecule has 0 bridgehead atoms. The van der Waals surface area contributed by atoms with Crippen LogP contribution in [0.25, 0.3) is 0 Å². The summed E-state index contributed by atoms with van der Waals surface area (Å²) < 4.78 is 61.1. The Hall–Kier alpha value is -1.79. The van der Waals surface area contributed by atoms with Gasteiger partial charge in [-0.3, -0.25) is 4.79 Å². The van der Waals surface area contributed by atoms with E-state index in [-0.39, 0.29) is 36.5 Å². The molecule has 0 aromatic carbocycles. The van der Waals surface area contributed by atoms with Crippen LogP contribution in [-0.4, -0.2) is 272 Å². The van der Waals surface area contributed by atoms with E-state index >= 15 is 4.79 Å². The third-order valence-corrected chi connectivity index (χ3v) is 23.6. The summed E-state index contributed by atoms with van der Waals surface area (Å²) in [6.07, 6.45) is -33.7. The van der Waals surface area contributed by atoms with Crippen molar-refractivity contribution in [3.05, 3.63) is 11.6 Å². The Labute approximate surface area is 499 Å². The molecule has 9 fully saturated rings. The molecule has 34 atom stereocenters. The van der Waals surface area contributed by atoms with Crippen molar-refractivity contribution in [3.8, 4) is 0 Å². The van der Waals surface area contributed by atoms with E-state index in [1.54, 1.807) is 6.92 Å². The molecule has 5 aliphatic carbocycles. The van der Waals surface area contributed by atoms with Gasteiger partial charge in [-0.1, -0.05) is 46.3 Å². The molecule has 10 aliphatic rings. The van der Waals surface area contributed by atoms with Gasteiger partial charge in [-0.25, -0.2) is 0 Å². The van der Waals surface area contributed by atoms with Gasteiger partial charge in [0.25, 0.3) is 0 Å². The van der Waals surface area contributed by atoms with Gasteiger partial charge in [-0.05, 0) is 119 Å². The molecule has 4 saturated carbocycles. The number of rotatable bonds is 12. The second kappa shape index (κ2) is 24.0. The molecule has 27 nitrogen and oxygen atoms in total. The van der Waals surface area contributed by atoms with Crippen molar-refractivity contribution in [1.82, 2.24) is 0 Å². The van der Waals surface area contributed by atoms with Gasteiger partial charge in [-0.15, -0.1) is 0 Å². The van der Waals surface area contributed by atoms with Gasteiger partial charge < -0.3 is 129 Å². The molecule has 0 radical (unpaired) electrons. The molecule has 27 heteroatoms. The van der Waals surface area contributed by atoms with E-state index in [4.69, 9.17) is 47.4 Å². The standard InChI is InChI=1S/C59H96O27/c1-23-32(63)36(67)40(71)47(78-23)84-44-39(70)35(66)28(21-61)81-51(44)86-52(74)59-18-16-55(6)25(46(59)58(9,76)57(8,75)17-19-59)10-11-30-54(5)14-13-31(53(3,4)29(54)12-15-56(30,55)7)82-50-45(85-48-41(72)37(68)33(64)24(2)79-48)43(26(62)22-77-50)83-49-42(73)38(69)34(65)27(20-60)80-49/h10,23-24,26-51,60-73,75-76H,11-22H2,1-9H3/t23-,24-,26-,27+,28+,29?,30?,31-,32-,33-,34+,35+,36+,37+,38-,39-,40+,41+,42+,43-,44+,45+,46+,47-,48-,49-,50-,51-,54-,55+,56+,57-,58-,59+/m0/s1. The van der Waals surface area contributed by atoms with E-state index in [1.165, 1.54) is 20.8 Å². The summed E-state index contributed by atoms with van der Waals surface area (Å²) in [4.78, 5) is 15.5. The average molecular weight is 1240 g/mol. The van der Waals surface area contributed by atoms with Crippen molar-refractivity contribution in [3.63, 3.8) is 0 Å². The Morgan fingerprint density at radius 1 is 0.535 bits per heavy atom. The molecule has 86 heavy (non-hydrogen) atoms. The van der Waals surface area contributed by atoms with Gasteiger partial charge in [0, 0.05) is 5.92 Å². The van der Waals surface area contributed by atoms with Crippen LogP contribution in [0.15, 0.2) is 11.6 Å². The number of carbonyl (C=O) groups excluding carboxylic acids is 1. The van der Waals surface area contributed by atoms with Crippen LogP contribution in [0.1, 0.15) is 120 Å². The first-order valence-corrected chi connectivity index (χ1v) is 30.7. The summed E-state index contributed by atoms with van der Waals surface area (Å²) in [6, 6.07) is 0. The first kappa shape index (κ1) is 67.1. The zero-order valence-corrected chi connectivity index (χ0v) is 50.4. The fourth-order valence-corrected chi connectivity index (χ4v) is 17.8. The summed E-state index contributed by atoms with van der Waals surface area (Å²) in [7, 11) is 0. The predicted octanol–water partition coefficient (Wildman–Crippen LogP) is -3.43. The lowest BCUT2D eigenvalue weighted by Gasteiger charge is -2.72. The van der Waals surface area contributed by atoms with Gasteiger partial charge in [0.1, 0.15) is 97.7 Å². The summed E-state index contributed by atoms with van der Waals surface area (Å²) in [5.41, 5.74) is -6.57. The first-order chi connectivity index (χ1) is 40.1. The minimum Gasteiger partial charge on any atom is -0.432 e. The molecule has 10 rings (SSSR count). The van der Waals surface area contributed by atoms with Crippen LogP contribution in [0.3, 0.4) is 0 Å². The highest BCUT2D eigenvalue weighted by molar-refractivity contribution is 5.79. The van der Waals surface area contributed by atoms with Crippen molar-refractivity contribution in [2.45, 2.75) is 285 Å². The smallest absolute Gasteiger partial charge is 0.315 e. The van der Waals surface area contributed by atoms with Gasteiger partial charge in [0.15, 0.2) is 31.3 Å². The van der Waals surface area contributed by atoms with E-state index in [0.29, 0.717) is 38.5 Å².